The molecular formula is C28H24O. The molecule has 0 bridgehead atoms. The molecule has 6 rings (SSSR count). The molecule has 0 atom stereocenters. The molecule has 1 heteroatoms. The Hall–Kier alpha value is -3.06. The van der Waals surface area contributed by atoms with Crippen molar-refractivity contribution in [3.05, 3.63) is 90.0 Å². The largest absolute Gasteiger partial charge is 0.507 e. The summed E-state index contributed by atoms with van der Waals surface area (Å²) in [5.41, 5.74) is 7.69. The van der Waals surface area contributed by atoms with E-state index in [2.05, 4.69) is 66.7 Å². The molecule has 1 spiro atoms. The first-order valence-corrected chi connectivity index (χ1v) is 10.7. The van der Waals surface area contributed by atoms with Crippen LogP contribution in [-0.2, 0) is 5.41 Å². The lowest BCUT2D eigenvalue weighted by molar-refractivity contribution is 0.352. The average molecular weight is 376 g/mol. The molecular weight excluding hydrogens is 352 g/mol. The molecule has 29 heavy (non-hydrogen) atoms. The molecule has 4 aromatic carbocycles. The molecule has 0 radical (unpaired) electrons. The first-order valence-electron chi connectivity index (χ1n) is 10.7. The van der Waals surface area contributed by atoms with Gasteiger partial charge in [-0.3, -0.25) is 0 Å². The summed E-state index contributed by atoms with van der Waals surface area (Å²) in [6, 6.07) is 27.8. The predicted octanol–water partition coefficient (Wildman–Crippen LogP) is 7.44. The summed E-state index contributed by atoms with van der Waals surface area (Å²) in [6.45, 7) is 0. The van der Waals surface area contributed by atoms with Gasteiger partial charge in [0.2, 0.25) is 0 Å². The molecule has 0 heterocycles. The van der Waals surface area contributed by atoms with Crippen molar-refractivity contribution in [1.29, 1.82) is 0 Å². The van der Waals surface area contributed by atoms with E-state index in [1.165, 1.54) is 46.9 Å². The maximum absolute atomic E-state index is 11.6. The Morgan fingerprint density at radius 1 is 0.621 bits per heavy atom. The Morgan fingerprint density at radius 3 is 2.07 bits per heavy atom. The summed E-state index contributed by atoms with van der Waals surface area (Å²) < 4.78 is 0. The van der Waals surface area contributed by atoms with E-state index in [4.69, 9.17) is 0 Å². The van der Waals surface area contributed by atoms with E-state index in [1.54, 1.807) is 0 Å². The molecule has 2 aliphatic carbocycles. The van der Waals surface area contributed by atoms with Crippen LogP contribution >= 0.6 is 0 Å². The molecule has 0 aromatic heterocycles. The highest BCUT2D eigenvalue weighted by atomic mass is 16.3. The van der Waals surface area contributed by atoms with Crippen molar-refractivity contribution >= 4 is 10.8 Å². The lowest BCUT2D eigenvalue weighted by Crippen LogP contribution is -2.28. The minimum Gasteiger partial charge on any atom is -0.507 e. The van der Waals surface area contributed by atoms with Crippen molar-refractivity contribution in [3.8, 4) is 28.0 Å². The maximum atomic E-state index is 11.6. The second-order valence-corrected chi connectivity index (χ2v) is 8.57. The predicted molar refractivity (Wildman–Crippen MR) is 120 cm³/mol. The van der Waals surface area contributed by atoms with Crippen LogP contribution in [0.25, 0.3) is 33.0 Å². The monoisotopic (exact) mass is 376 g/mol. The Labute approximate surface area is 171 Å². The topological polar surface area (TPSA) is 20.2 Å². The van der Waals surface area contributed by atoms with E-state index < -0.39 is 0 Å². The number of phenols is 1. The van der Waals surface area contributed by atoms with Gasteiger partial charge in [0.25, 0.3) is 0 Å². The van der Waals surface area contributed by atoms with E-state index in [0.717, 1.165) is 29.4 Å². The van der Waals surface area contributed by atoms with Gasteiger partial charge in [0.15, 0.2) is 0 Å². The van der Waals surface area contributed by atoms with E-state index in [1.807, 2.05) is 12.1 Å². The van der Waals surface area contributed by atoms with Crippen LogP contribution in [0.1, 0.15) is 43.2 Å². The molecule has 0 aliphatic heterocycles. The zero-order chi connectivity index (χ0) is 19.4. The Morgan fingerprint density at radius 2 is 1.28 bits per heavy atom. The van der Waals surface area contributed by atoms with Gasteiger partial charge >= 0.3 is 0 Å². The summed E-state index contributed by atoms with van der Waals surface area (Å²) in [7, 11) is 0. The van der Waals surface area contributed by atoms with Crippen LogP contribution in [0.3, 0.4) is 0 Å². The zero-order valence-corrected chi connectivity index (χ0v) is 16.5. The number of fused-ring (bicyclic) bond motifs is 7. The van der Waals surface area contributed by atoms with Crippen LogP contribution in [0, 0.1) is 0 Å². The lowest BCUT2D eigenvalue weighted by Gasteiger charge is -2.37. The van der Waals surface area contributed by atoms with Crippen LogP contribution in [0.5, 0.6) is 5.75 Å². The second kappa shape index (κ2) is 6.22. The fourth-order valence-electron chi connectivity index (χ4n) is 5.99. The molecule has 1 fully saturated rings. The maximum Gasteiger partial charge on any atom is 0.131 e. The fourth-order valence-corrected chi connectivity index (χ4v) is 5.99. The number of rotatable bonds is 1. The van der Waals surface area contributed by atoms with Gasteiger partial charge in [-0.2, -0.15) is 0 Å². The van der Waals surface area contributed by atoms with Crippen LogP contribution in [0.4, 0.5) is 0 Å². The van der Waals surface area contributed by atoms with E-state index in [-0.39, 0.29) is 5.41 Å². The third-order valence-electron chi connectivity index (χ3n) is 7.15. The van der Waals surface area contributed by atoms with Gasteiger partial charge in [0.05, 0.1) is 0 Å². The van der Waals surface area contributed by atoms with Gasteiger partial charge in [0.1, 0.15) is 5.75 Å². The van der Waals surface area contributed by atoms with Crippen LogP contribution in [-0.4, -0.2) is 5.11 Å². The Balaban J connectivity index is 1.84. The van der Waals surface area contributed by atoms with Crippen molar-refractivity contribution in [1.82, 2.24) is 0 Å². The summed E-state index contributed by atoms with van der Waals surface area (Å²) in [4.78, 5) is 0. The molecule has 1 nitrogen and oxygen atoms in total. The average Bonchev–Trinajstić information content (AvgIpc) is 3.06. The molecule has 4 aromatic rings. The van der Waals surface area contributed by atoms with Crippen LogP contribution < -0.4 is 0 Å². The molecule has 2 aliphatic rings. The van der Waals surface area contributed by atoms with Gasteiger partial charge in [-0.15, -0.1) is 0 Å². The van der Waals surface area contributed by atoms with E-state index in [9.17, 15) is 5.11 Å². The zero-order valence-electron chi connectivity index (χ0n) is 16.5. The summed E-state index contributed by atoms with van der Waals surface area (Å²) in [5.74, 6) is 0.434. The lowest BCUT2D eigenvalue weighted by atomic mass is 9.66. The van der Waals surface area contributed by atoms with Crippen LogP contribution in [0.2, 0.25) is 0 Å². The SMILES string of the molecule is Oc1c(-c2ccccc2)c2c(c3ccccc13)-c1ccccc1C21CCCCC1. The Bertz CT molecular complexity index is 1230. The molecule has 0 saturated heterocycles. The van der Waals surface area contributed by atoms with E-state index in [0.29, 0.717) is 5.75 Å². The molecule has 142 valence electrons. The standard InChI is InChI=1S/C28H24O/c29-27-21-14-6-5-13-20(21)25-22-15-7-8-16-23(22)28(17-9-2-10-18-28)26(25)24(27)19-11-3-1-4-12-19/h1,3-8,11-16,29H,2,9-10,17-18H2. The van der Waals surface area contributed by atoms with Gasteiger partial charge in [-0.25, -0.2) is 0 Å². The van der Waals surface area contributed by atoms with Crippen molar-refractivity contribution in [2.75, 3.05) is 0 Å². The normalized spacial score (nSPS) is 16.7. The molecule has 1 N–H and O–H groups in total. The van der Waals surface area contributed by atoms with E-state index >= 15 is 0 Å². The highest BCUT2D eigenvalue weighted by molar-refractivity contribution is 6.10. The number of benzene rings is 4. The molecule has 0 amide bonds. The van der Waals surface area contributed by atoms with Crippen molar-refractivity contribution in [2.45, 2.75) is 37.5 Å². The first-order chi connectivity index (χ1) is 14.3. The van der Waals surface area contributed by atoms with Crippen molar-refractivity contribution in [3.63, 3.8) is 0 Å². The van der Waals surface area contributed by atoms with Crippen LogP contribution in [0.15, 0.2) is 78.9 Å². The highest BCUT2D eigenvalue weighted by Gasteiger charge is 2.46. The minimum absolute atomic E-state index is 0.0108. The highest BCUT2D eigenvalue weighted by Crippen LogP contribution is 2.61. The Kier molecular flexibility index (Phi) is 3.61. The number of phenolic OH excluding ortho intramolecular Hbond substituents is 1. The fraction of sp³-hybridized carbons (Fsp3) is 0.214. The molecule has 0 unspecified atom stereocenters. The van der Waals surface area contributed by atoms with Gasteiger partial charge in [0, 0.05) is 16.4 Å². The van der Waals surface area contributed by atoms with Crippen molar-refractivity contribution < 1.29 is 5.11 Å². The van der Waals surface area contributed by atoms with Gasteiger partial charge < -0.3 is 5.11 Å². The number of hydrogen-bond acceptors (Lipinski definition) is 1. The smallest absolute Gasteiger partial charge is 0.131 e. The number of hydrogen-bond donors (Lipinski definition) is 1. The third-order valence-corrected chi connectivity index (χ3v) is 7.15. The summed E-state index contributed by atoms with van der Waals surface area (Å²) >= 11 is 0. The summed E-state index contributed by atoms with van der Waals surface area (Å²) in [6.07, 6.45) is 6.12. The van der Waals surface area contributed by atoms with Gasteiger partial charge in [-0.1, -0.05) is 98.1 Å². The first kappa shape index (κ1) is 16.9. The number of aromatic hydroxyl groups is 1. The third kappa shape index (κ3) is 2.22. The summed E-state index contributed by atoms with van der Waals surface area (Å²) in [5, 5.41) is 13.7. The minimum atomic E-state index is 0.0108. The molecule has 1 saturated carbocycles. The quantitative estimate of drug-likeness (QED) is 0.366. The van der Waals surface area contributed by atoms with Crippen molar-refractivity contribution in [2.24, 2.45) is 0 Å². The van der Waals surface area contributed by atoms with Gasteiger partial charge in [-0.05, 0) is 46.0 Å². The second-order valence-electron chi connectivity index (χ2n) is 8.57.